The number of anilines is 1. The van der Waals surface area contributed by atoms with E-state index in [0.717, 1.165) is 15.4 Å². The molecule has 3 aromatic carbocycles. The second kappa shape index (κ2) is 12.1. The molecule has 0 spiro atoms. The van der Waals surface area contributed by atoms with Gasteiger partial charge in [0.15, 0.2) is 0 Å². The fourth-order valence-electron chi connectivity index (χ4n) is 3.70. The lowest BCUT2D eigenvalue weighted by Crippen LogP contribution is -2.51. The summed E-state index contributed by atoms with van der Waals surface area (Å²) < 4.78 is 28.4. The van der Waals surface area contributed by atoms with Gasteiger partial charge in [-0.2, -0.15) is 0 Å². The summed E-state index contributed by atoms with van der Waals surface area (Å²) >= 11 is 6.13. The second-order valence-corrected chi connectivity index (χ2v) is 10.7. The number of likely N-dealkylation sites (N-methyl/N-ethyl adjacent to an activating group) is 1. The maximum atomic E-state index is 13.7. The number of carbonyl (C=O) groups excluding carboxylic acids is 2. The molecule has 190 valence electrons. The predicted octanol–water partition coefficient (Wildman–Crippen LogP) is 4.40. The molecule has 2 amide bonds. The minimum atomic E-state index is -4.07. The fourth-order valence-corrected chi connectivity index (χ4v) is 5.34. The summed E-state index contributed by atoms with van der Waals surface area (Å²) in [5, 5.41) is 3.23. The molecule has 7 nitrogen and oxygen atoms in total. The predicted molar refractivity (Wildman–Crippen MR) is 142 cm³/mol. The molecule has 0 radical (unpaired) electrons. The highest BCUT2D eigenvalue weighted by Gasteiger charge is 2.32. The van der Waals surface area contributed by atoms with E-state index >= 15 is 0 Å². The molecule has 0 aliphatic rings. The molecule has 0 aliphatic heterocycles. The van der Waals surface area contributed by atoms with Gasteiger partial charge >= 0.3 is 0 Å². The average Bonchev–Trinajstić information content (AvgIpc) is 2.86. The van der Waals surface area contributed by atoms with E-state index in [1.807, 2.05) is 6.92 Å². The molecule has 0 unspecified atom stereocenters. The van der Waals surface area contributed by atoms with Gasteiger partial charge in [-0.25, -0.2) is 8.42 Å². The first-order valence-electron chi connectivity index (χ1n) is 11.6. The van der Waals surface area contributed by atoms with Crippen LogP contribution < -0.4 is 9.62 Å². The number of carbonyl (C=O) groups is 2. The highest BCUT2D eigenvalue weighted by molar-refractivity contribution is 7.92. The number of rotatable bonds is 10. The Balaban J connectivity index is 2.01. The van der Waals surface area contributed by atoms with Crippen molar-refractivity contribution in [3.8, 4) is 0 Å². The van der Waals surface area contributed by atoms with Gasteiger partial charge in [0, 0.05) is 18.1 Å². The van der Waals surface area contributed by atoms with E-state index in [0.29, 0.717) is 17.3 Å². The van der Waals surface area contributed by atoms with Gasteiger partial charge in [-0.1, -0.05) is 59.6 Å². The van der Waals surface area contributed by atoms with Crippen molar-refractivity contribution < 1.29 is 18.0 Å². The van der Waals surface area contributed by atoms with Crippen molar-refractivity contribution in [2.24, 2.45) is 0 Å². The summed E-state index contributed by atoms with van der Waals surface area (Å²) in [7, 11) is -4.07. The van der Waals surface area contributed by atoms with Gasteiger partial charge < -0.3 is 10.2 Å². The Morgan fingerprint density at radius 3 is 2.25 bits per heavy atom. The molecule has 36 heavy (non-hydrogen) atoms. The van der Waals surface area contributed by atoms with Gasteiger partial charge in [-0.3, -0.25) is 13.9 Å². The first-order valence-corrected chi connectivity index (χ1v) is 13.4. The van der Waals surface area contributed by atoms with Crippen LogP contribution in [0.15, 0.2) is 83.8 Å². The van der Waals surface area contributed by atoms with Gasteiger partial charge in [0.25, 0.3) is 10.0 Å². The molecule has 0 aromatic heterocycles. The lowest BCUT2D eigenvalue weighted by molar-refractivity contribution is -0.139. The number of aryl methyl sites for hydroxylation is 1. The molecule has 0 bridgehead atoms. The van der Waals surface area contributed by atoms with E-state index in [2.05, 4.69) is 5.32 Å². The van der Waals surface area contributed by atoms with Crippen LogP contribution in [0.2, 0.25) is 5.02 Å². The number of amides is 2. The van der Waals surface area contributed by atoms with Gasteiger partial charge in [-0.15, -0.1) is 0 Å². The molecular weight excluding hydrogens is 498 g/mol. The Morgan fingerprint density at radius 1 is 0.972 bits per heavy atom. The molecular formula is C27H30ClN3O4S. The molecule has 0 saturated carbocycles. The molecule has 0 heterocycles. The lowest BCUT2D eigenvalue weighted by Gasteiger charge is -2.32. The summed E-state index contributed by atoms with van der Waals surface area (Å²) in [4.78, 5) is 27.9. The van der Waals surface area contributed by atoms with Crippen LogP contribution in [0.25, 0.3) is 0 Å². The number of hydrogen-bond donors (Lipinski definition) is 1. The maximum Gasteiger partial charge on any atom is 0.264 e. The van der Waals surface area contributed by atoms with Crippen molar-refractivity contribution in [2.75, 3.05) is 17.4 Å². The summed E-state index contributed by atoms with van der Waals surface area (Å²) in [6.45, 7) is 5.32. The van der Waals surface area contributed by atoms with Crippen molar-refractivity contribution in [2.45, 2.75) is 38.3 Å². The highest BCUT2D eigenvalue weighted by Crippen LogP contribution is 2.25. The van der Waals surface area contributed by atoms with E-state index in [4.69, 9.17) is 11.6 Å². The third-order valence-electron chi connectivity index (χ3n) is 5.69. The number of hydrogen-bond acceptors (Lipinski definition) is 4. The molecule has 0 saturated heterocycles. The van der Waals surface area contributed by atoms with Gasteiger partial charge in [-0.05, 0) is 62.7 Å². The van der Waals surface area contributed by atoms with Crippen molar-refractivity contribution >= 4 is 39.1 Å². The summed E-state index contributed by atoms with van der Waals surface area (Å²) in [6, 6.07) is 21.0. The molecule has 3 rings (SSSR count). The largest absolute Gasteiger partial charge is 0.355 e. The average molecular weight is 528 g/mol. The summed E-state index contributed by atoms with van der Waals surface area (Å²) in [5.41, 5.74) is 2.03. The SMILES string of the molecule is CCNC(=O)[C@H](C)N(Cc1cccc(Cl)c1)C(=O)CN(c1ccc(C)cc1)S(=O)(=O)c1ccccc1. The van der Waals surface area contributed by atoms with Crippen LogP contribution in [0.4, 0.5) is 5.69 Å². The van der Waals surface area contributed by atoms with Crippen molar-refractivity contribution in [3.05, 3.63) is 95.0 Å². The Bertz CT molecular complexity index is 1300. The van der Waals surface area contributed by atoms with Crippen LogP contribution in [0.5, 0.6) is 0 Å². The zero-order chi connectivity index (χ0) is 26.3. The van der Waals surface area contributed by atoms with Crippen molar-refractivity contribution in [3.63, 3.8) is 0 Å². The minimum Gasteiger partial charge on any atom is -0.355 e. The normalized spacial score (nSPS) is 12.0. The van der Waals surface area contributed by atoms with Crippen LogP contribution in [0.3, 0.4) is 0 Å². The van der Waals surface area contributed by atoms with Crippen LogP contribution >= 0.6 is 11.6 Å². The lowest BCUT2D eigenvalue weighted by atomic mass is 10.1. The third kappa shape index (κ3) is 6.65. The quantitative estimate of drug-likeness (QED) is 0.423. The third-order valence-corrected chi connectivity index (χ3v) is 7.72. The Labute approximate surface area is 217 Å². The maximum absolute atomic E-state index is 13.7. The van der Waals surface area contributed by atoms with Crippen molar-refractivity contribution in [1.29, 1.82) is 0 Å². The zero-order valence-corrected chi connectivity index (χ0v) is 22.1. The van der Waals surface area contributed by atoms with Gasteiger partial charge in [0.1, 0.15) is 12.6 Å². The molecule has 1 atom stereocenters. The standard InChI is InChI=1S/C27H30ClN3O4S/c1-4-29-27(33)21(3)30(18-22-9-8-10-23(28)17-22)26(32)19-31(24-15-13-20(2)14-16-24)36(34,35)25-11-6-5-7-12-25/h5-17,21H,4,18-19H2,1-3H3,(H,29,33)/t21-/m0/s1. The molecule has 1 N–H and O–H groups in total. The number of sulfonamides is 1. The van der Waals surface area contributed by atoms with Gasteiger partial charge in [0.05, 0.1) is 10.6 Å². The smallest absolute Gasteiger partial charge is 0.264 e. The monoisotopic (exact) mass is 527 g/mol. The topological polar surface area (TPSA) is 86.8 Å². The van der Waals surface area contributed by atoms with Crippen LogP contribution in [-0.2, 0) is 26.2 Å². The Hall–Kier alpha value is -3.36. The van der Waals surface area contributed by atoms with E-state index in [9.17, 15) is 18.0 Å². The number of halogens is 1. The van der Waals surface area contributed by atoms with E-state index < -0.39 is 28.5 Å². The van der Waals surface area contributed by atoms with E-state index in [1.54, 1.807) is 80.6 Å². The van der Waals surface area contributed by atoms with Crippen LogP contribution in [0, 0.1) is 6.92 Å². The van der Waals surface area contributed by atoms with Crippen molar-refractivity contribution in [1.82, 2.24) is 10.2 Å². The number of nitrogens with zero attached hydrogens (tertiary/aromatic N) is 2. The molecule has 9 heteroatoms. The summed E-state index contributed by atoms with van der Waals surface area (Å²) in [5.74, 6) is -0.852. The first-order chi connectivity index (χ1) is 17.1. The van der Waals surface area contributed by atoms with Crippen LogP contribution in [0.1, 0.15) is 25.0 Å². The fraction of sp³-hybridized carbons (Fsp3) is 0.259. The molecule has 0 fully saturated rings. The van der Waals surface area contributed by atoms with Gasteiger partial charge in [0.2, 0.25) is 11.8 Å². The van der Waals surface area contributed by atoms with E-state index in [1.165, 1.54) is 17.0 Å². The van der Waals surface area contributed by atoms with Crippen LogP contribution in [-0.4, -0.2) is 44.3 Å². The number of nitrogens with one attached hydrogen (secondary N) is 1. The second-order valence-electron chi connectivity index (χ2n) is 8.38. The Kier molecular flexibility index (Phi) is 9.12. The van der Waals surface area contributed by atoms with E-state index in [-0.39, 0.29) is 17.3 Å². The summed E-state index contributed by atoms with van der Waals surface area (Å²) in [6.07, 6.45) is 0. The first kappa shape index (κ1) is 27.2. The minimum absolute atomic E-state index is 0.0662. The molecule has 3 aromatic rings. The zero-order valence-electron chi connectivity index (χ0n) is 20.5. The Morgan fingerprint density at radius 2 is 1.64 bits per heavy atom. The number of benzene rings is 3. The molecule has 0 aliphatic carbocycles. The highest BCUT2D eigenvalue weighted by atomic mass is 35.5.